The fourth-order valence-corrected chi connectivity index (χ4v) is 0. The van der Waals surface area contributed by atoms with Gasteiger partial charge in [-0.15, -0.1) is 0 Å². The Morgan fingerprint density at radius 3 is 1.09 bits per heavy atom. The van der Waals surface area contributed by atoms with E-state index in [0.29, 0.717) is 0 Å². The van der Waals surface area contributed by atoms with Crippen molar-refractivity contribution in [2.45, 2.75) is 0 Å². The van der Waals surface area contributed by atoms with Gasteiger partial charge in [-0.2, -0.15) is 0 Å². The molecule has 0 bridgehead atoms. The van der Waals surface area contributed by atoms with E-state index in [1.807, 2.05) is 0 Å². The molecule has 11 heteroatoms. The van der Waals surface area contributed by atoms with Gasteiger partial charge in [0.1, 0.15) is 0 Å². The molecule has 0 unspecified atom stereocenters. The van der Waals surface area contributed by atoms with E-state index in [1.54, 1.807) is 0 Å². The molecular weight excluding hydrogens is 191 g/mol. The van der Waals surface area contributed by atoms with Crippen LogP contribution >= 0.6 is 0 Å². The summed E-state index contributed by atoms with van der Waals surface area (Å²) in [6.45, 7) is 0. The van der Waals surface area contributed by atoms with Crippen LogP contribution in [0.15, 0.2) is 0 Å². The molecule has 0 heterocycles. The summed E-state index contributed by atoms with van der Waals surface area (Å²) in [7, 11) is -4.61. The quantitative estimate of drug-likeness (QED) is 0.145. The van der Waals surface area contributed by atoms with Gasteiger partial charge in [0, 0.05) is 0 Å². The summed E-state index contributed by atoms with van der Waals surface area (Å²) < 4.78 is 0. The fourth-order valence-electron chi connectivity index (χ4n) is 0. The third-order valence-corrected chi connectivity index (χ3v) is 0. The van der Waals surface area contributed by atoms with Gasteiger partial charge in [0.05, 0.1) is 5.09 Å². The van der Waals surface area contributed by atoms with E-state index in [4.69, 9.17) is 34.5 Å². The van der Waals surface area contributed by atoms with Gasteiger partial charge in [0.2, 0.25) is 0 Å². The van der Waals surface area contributed by atoms with Crippen molar-refractivity contribution in [3.05, 3.63) is 15.3 Å². The van der Waals surface area contributed by atoms with Gasteiger partial charge < -0.3 is 40.7 Å². The molecule has 0 aromatic rings. The Morgan fingerprint density at radius 1 is 1.09 bits per heavy atom. The minimum atomic E-state index is -4.61. The van der Waals surface area contributed by atoms with Crippen LogP contribution in [0.2, 0.25) is 0 Å². The van der Waals surface area contributed by atoms with Crippen molar-refractivity contribution in [1.82, 2.24) is 6.15 Å². The summed E-state index contributed by atoms with van der Waals surface area (Å²) in [4.78, 5) is 37.6. The first kappa shape index (κ1) is 22.5. The molecule has 0 aliphatic carbocycles. The molecule has 0 spiro atoms. The maximum atomic E-state index is 8.25. The van der Waals surface area contributed by atoms with Crippen molar-refractivity contribution >= 4 is 9.05 Å². The molecule has 7 N–H and O–H groups in total. The second kappa shape index (κ2) is 10.2. The Labute approximate surface area is 84.4 Å². The molecule has 0 saturated heterocycles. The summed E-state index contributed by atoms with van der Waals surface area (Å²) in [6, 6.07) is 0. The predicted octanol–water partition coefficient (Wildman–Crippen LogP) is -5.68. The Hall–Kier alpha value is 0.217. The number of hydrogen-bond acceptors (Lipinski definition) is 8. The topological polar surface area (TPSA) is 182 Å². The third-order valence-electron chi connectivity index (χ3n) is 0. The molecular formula is H7N2NaO7Si. The Bertz CT molecular complexity index is 78.9. The summed E-state index contributed by atoms with van der Waals surface area (Å²) in [5.41, 5.74) is 0. The second-order valence-corrected chi connectivity index (χ2v) is 2.02. The normalized spacial score (nSPS) is 7.64. The summed E-state index contributed by atoms with van der Waals surface area (Å²) in [6.07, 6.45) is 0. The maximum absolute atomic E-state index is 8.25. The van der Waals surface area contributed by atoms with Crippen LogP contribution in [0.4, 0.5) is 0 Å². The monoisotopic (exact) mass is 198 g/mol. The van der Waals surface area contributed by atoms with E-state index in [0.717, 1.165) is 0 Å². The first-order valence-electron chi connectivity index (χ1n) is 1.44. The van der Waals surface area contributed by atoms with E-state index in [9.17, 15) is 0 Å². The molecule has 0 radical (unpaired) electrons. The summed E-state index contributed by atoms with van der Waals surface area (Å²) in [5.74, 6) is 0. The SMILES string of the molecule is N.O=[N+]([O-])[O-].O[Si](O)(O)O.[Na+]. The Kier molecular flexibility index (Phi) is 20.9. The zero-order valence-corrected chi connectivity index (χ0v) is 8.67. The molecule has 9 nitrogen and oxygen atoms in total. The molecule has 11 heavy (non-hydrogen) atoms. The van der Waals surface area contributed by atoms with E-state index < -0.39 is 14.1 Å². The van der Waals surface area contributed by atoms with Crippen molar-refractivity contribution in [1.29, 1.82) is 0 Å². The van der Waals surface area contributed by atoms with Gasteiger partial charge in [-0.1, -0.05) is 0 Å². The van der Waals surface area contributed by atoms with E-state index in [2.05, 4.69) is 0 Å². The third kappa shape index (κ3) is 14700. The van der Waals surface area contributed by atoms with Crippen molar-refractivity contribution in [3.63, 3.8) is 0 Å². The largest absolute Gasteiger partial charge is 1.00 e. The molecule has 0 atom stereocenters. The molecule has 0 aromatic carbocycles. The standard InChI is InChI=1S/NO3.H3N.Na.H4O4Si/c2-1(3)4;;;1-5(2,3)4/h;1H3;;1-4H/q-1;;+1;. The van der Waals surface area contributed by atoms with Crippen molar-refractivity contribution in [2.24, 2.45) is 0 Å². The van der Waals surface area contributed by atoms with E-state index >= 15 is 0 Å². The van der Waals surface area contributed by atoms with Crippen LogP contribution in [0.1, 0.15) is 0 Å². The first-order chi connectivity index (χ1) is 3.73. The smallest absolute Gasteiger partial charge is 0.368 e. The number of rotatable bonds is 0. The van der Waals surface area contributed by atoms with Gasteiger partial charge >= 0.3 is 38.6 Å². The van der Waals surface area contributed by atoms with Crippen LogP contribution in [0.25, 0.3) is 0 Å². The molecule has 0 aliphatic heterocycles. The van der Waals surface area contributed by atoms with Crippen molar-refractivity contribution in [2.75, 3.05) is 0 Å². The average Bonchev–Trinajstić information content (AvgIpc) is 1.19. The molecule has 0 saturated carbocycles. The van der Waals surface area contributed by atoms with Gasteiger partial charge in [-0.05, 0) is 0 Å². The predicted molar refractivity (Wildman–Crippen MR) is 30.0 cm³/mol. The number of nitrogens with zero attached hydrogens (tertiary/aromatic N) is 1. The average molecular weight is 198 g/mol. The van der Waals surface area contributed by atoms with Crippen LogP contribution < -0.4 is 35.7 Å². The minimum Gasteiger partial charge on any atom is -0.368 e. The minimum absolute atomic E-state index is 0. The van der Waals surface area contributed by atoms with E-state index in [-0.39, 0.29) is 35.7 Å². The molecule has 0 aromatic heterocycles. The second-order valence-electron chi connectivity index (χ2n) is 0.824. The van der Waals surface area contributed by atoms with Gasteiger partial charge in [0.25, 0.3) is 0 Å². The van der Waals surface area contributed by atoms with Crippen LogP contribution in [-0.4, -0.2) is 33.3 Å². The molecule has 0 fully saturated rings. The molecule has 0 amide bonds. The number of hydrogen-bond donors (Lipinski definition) is 5. The molecule has 0 rings (SSSR count). The van der Waals surface area contributed by atoms with E-state index in [1.165, 1.54) is 0 Å². The molecule has 0 aliphatic rings. The van der Waals surface area contributed by atoms with Crippen molar-refractivity contribution < 1.29 is 53.8 Å². The fraction of sp³-hybridized carbons (Fsp3) is 0. The Morgan fingerprint density at radius 2 is 1.09 bits per heavy atom. The zero-order valence-electron chi connectivity index (χ0n) is 5.67. The van der Waals surface area contributed by atoms with Crippen LogP contribution in [-0.2, 0) is 0 Å². The van der Waals surface area contributed by atoms with Crippen LogP contribution in [0.3, 0.4) is 0 Å². The first-order valence-corrected chi connectivity index (χ1v) is 3.23. The van der Waals surface area contributed by atoms with Gasteiger partial charge in [-0.3, -0.25) is 0 Å². The van der Waals surface area contributed by atoms with Gasteiger partial charge in [0.15, 0.2) is 0 Å². The zero-order chi connectivity index (χ0) is 8.08. The summed E-state index contributed by atoms with van der Waals surface area (Å²) >= 11 is 0. The van der Waals surface area contributed by atoms with Crippen molar-refractivity contribution in [3.8, 4) is 0 Å². The maximum Gasteiger partial charge on any atom is 1.00 e. The van der Waals surface area contributed by atoms with Crippen LogP contribution in [0, 0.1) is 15.3 Å². The summed E-state index contributed by atoms with van der Waals surface area (Å²) in [5, 5.41) is 14.8. The van der Waals surface area contributed by atoms with Crippen LogP contribution in [0.5, 0.6) is 0 Å². The molecule has 64 valence electrons. The van der Waals surface area contributed by atoms with Gasteiger partial charge in [-0.25, -0.2) is 0 Å². The Balaban J connectivity index is -0.0000000383.